The van der Waals surface area contributed by atoms with Gasteiger partial charge in [-0.15, -0.1) is 11.3 Å². The number of carbonyl (C=O) groups excluding carboxylic acids is 1. The van der Waals surface area contributed by atoms with Gasteiger partial charge >= 0.3 is 0 Å². The number of rotatable bonds is 6. The summed E-state index contributed by atoms with van der Waals surface area (Å²) in [7, 11) is 4.99. The summed E-state index contributed by atoms with van der Waals surface area (Å²) < 4.78 is 10.8. The highest BCUT2D eigenvalue weighted by atomic mass is 32.1. The van der Waals surface area contributed by atoms with E-state index in [1.807, 2.05) is 55.5 Å². The topological polar surface area (TPSA) is 51.7 Å². The third kappa shape index (κ3) is 3.80. The summed E-state index contributed by atoms with van der Waals surface area (Å²) in [6.07, 6.45) is 0. The number of amides is 1. The van der Waals surface area contributed by atoms with Crippen molar-refractivity contribution >= 4 is 17.2 Å². The van der Waals surface area contributed by atoms with Gasteiger partial charge < -0.3 is 14.4 Å². The van der Waals surface area contributed by atoms with Gasteiger partial charge in [0.2, 0.25) is 0 Å². The molecule has 3 aromatic rings. The molecule has 27 heavy (non-hydrogen) atoms. The maximum atomic E-state index is 12.9. The average molecular weight is 382 g/mol. The van der Waals surface area contributed by atoms with E-state index in [1.54, 1.807) is 31.5 Å². The van der Waals surface area contributed by atoms with Crippen molar-refractivity contribution in [1.29, 1.82) is 0 Å². The fraction of sp³-hybridized carbons (Fsp3) is 0.238. The first-order chi connectivity index (χ1) is 13.1. The Hall–Kier alpha value is -2.86. The normalized spacial score (nSPS) is 11.7. The fourth-order valence-electron chi connectivity index (χ4n) is 2.86. The fourth-order valence-corrected chi connectivity index (χ4v) is 3.68. The molecule has 1 unspecified atom stereocenters. The average Bonchev–Trinajstić information content (AvgIpc) is 3.22. The monoisotopic (exact) mass is 382 g/mol. The maximum Gasteiger partial charge on any atom is 0.273 e. The minimum atomic E-state index is -0.115. The van der Waals surface area contributed by atoms with Gasteiger partial charge in [0, 0.05) is 12.4 Å². The predicted molar refractivity (Wildman–Crippen MR) is 108 cm³/mol. The number of aromatic nitrogens is 1. The van der Waals surface area contributed by atoms with E-state index in [1.165, 1.54) is 11.3 Å². The van der Waals surface area contributed by atoms with Crippen molar-refractivity contribution in [2.24, 2.45) is 0 Å². The number of methoxy groups -OCH3 is 2. The van der Waals surface area contributed by atoms with Crippen LogP contribution in [0, 0.1) is 0 Å². The van der Waals surface area contributed by atoms with Gasteiger partial charge in [-0.3, -0.25) is 4.79 Å². The number of ether oxygens (including phenoxy) is 2. The Balaban J connectivity index is 1.87. The summed E-state index contributed by atoms with van der Waals surface area (Å²) in [6, 6.07) is 15.5. The van der Waals surface area contributed by atoms with Crippen molar-refractivity contribution in [1.82, 2.24) is 9.88 Å². The van der Waals surface area contributed by atoms with E-state index in [0.29, 0.717) is 17.2 Å². The lowest BCUT2D eigenvalue weighted by atomic mass is 10.1. The summed E-state index contributed by atoms with van der Waals surface area (Å²) in [4.78, 5) is 19.2. The van der Waals surface area contributed by atoms with Crippen molar-refractivity contribution < 1.29 is 14.3 Å². The van der Waals surface area contributed by atoms with Crippen LogP contribution in [0.15, 0.2) is 53.9 Å². The van der Waals surface area contributed by atoms with Gasteiger partial charge in [-0.2, -0.15) is 0 Å². The third-order valence-electron chi connectivity index (χ3n) is 4.54. The molecule has 3 rings (SSSR count). The molecule has 2 aromatic carbocycles. The first kappa shape index (κ1) is 18.9. The van der Waals surface area contributed by atoms with Crippen LogP contribution in [-0.2, 0) is 0 Å². The molecule has 0 spiro atoms. The summed E-state index contributed by atoms with van der Waals surface area (Å²) in [5, 5.41) is 2.50. The minimum Gasteiger partial charge on any atom is -0.493 e. The molecule has 0 aliphatic rings. The lowest BCUT2D eigenvalue weighted by molar-refractivity contribution is 0.0737. The lowest BCUT2D eigenvalue weighted by Crippen LogP contribution is -2.29. The Kier molecular flexibility index (Phi) is 5.76. The molecule has 0 aliphatic carbocycles. The van der Waals surface area contributed by atoms with Gasteiger partial charge in [0.1, 0.15) is 10.7 Å². The number of para-hydroxylation sites is 1. The quantitative estimate of drug-likeness (QED) is 0.622. The van der Waals surface area contributed by atoms with Crippen LogP contribution in [0.5, 0.6) is 11.5 Å². The van der Waals surface area contributed by atoms with Crippen molar-refractivity contribution in [3.05, 3.63) is 65.2 Å². The molecule has 1 aromatic heterocycles. The number of hydrogen-bond donors (Lipinski definition) is 0. The maximum absolute atomic E-state index is 12.9. The summed E-state index contributed by atoms with van der Waals surface area (Å²) in [5.41, 5.74) is 2.31. The van der Waals surface area contributed by atoms with Crippen LogP contribution in [-0.4, -0.2) is 37.1 Å². The van der Waals surface area contributed by atoms with Gasteiger partial charge in [0.25, 0.3) is 5.91 Å². The largest absolute Gasteiger partial charge is 0.493 e. The second-order valence-corrected chi connectivity index (χ2v) is 6.94. The second-order valence-electron chi connectivity index (χ2n) is 6.08. The minimum absolute atomic E-state index is 0.0461. The van der Waals surface area contributed by atoms with Crippen LogP contribution < -0.4 is 9.47 Å². The molecule has 0 aliphatic heterocycles. The highest BCUT2D eigenvalue weighted by molar-refractivity contribution is 7.13. The first-order valence-corrected chi connectivity index (χ1v) is 9.43. The van der Waals surface area contributed by atoms with E-state index in [2.05, 4.69) is 4.98 Å². The highest BCUT2D eigenvalue weighted by Crippen LogP contribution is 2.39. The molecule has 0 saturated heterocycles. The molecular formula is C21H22N2O3S. The molecule has 0 bridgehead atoms. The van der Waals surface area contributed by atoms with Gasteiger partial charge in [-0.25, -0.2) is 4.98 Å². The van der Waals surface area contributed by atoms with Crippen molar-refractivity contribution in [2.45, 2.75) is 13.0 Å². The van der Waals surface area contributed by atoms with Crippen LogP contribution in [0.2, 0.25) is 0 Å². The van der Waals surface area contributed by atoms with Crippen LogP contribution in [0.1, 0.15) is 29.0 Å². The molecule has 0 radical (unpaired) electrons. The van der Waals surface area contributed by atoms with Gasteiger partial charge in [0.05, 0.1) is 25.8 Å². The summed E-state index contributed by atoms with van der Waals surface area (Å²) in [5.74, 6) is 1.13. The van der Waals surface area contributed by atoms with Crippen LogP contribution in [0.4, 0.5) is 0 Å². The molecule has 6 heteroatoms. The number of carbonyl (C=O) groups is 1. The lowest BCUT2D eigenvalue weighted by Gasteiger charge is -2.24. The van der Waals surface area contributed by atoms with E-state index < -0.39 is 0 Å². The Morgan fingerprint density at radius 2 is 1.81 bits per heavy atom. The van der Waals surface area contributed by atoms with Crippen molar-refractivity contribution in [3.8, 4) is 22.1 Å². The van der Waals surface area contributed by atoms with Crippen LogP contribution >= 0.6 is 11.3 Å². The highest BCUT2D eigenvalue weighted by Gasteiger charge is 2.22. The predicted octanol–water partition coefficient (Wildman–Crippen LogP) is 4.66. The Morgan fingerprint density at radius 3 is 2.48 bits per heavy atom. The molecule has 0 fully saturated rings. The third-order valence-corrected chi connectivity index (χ3v) is 5.42. The van der Waals surface area contributed by atoms with Gasteiger partial charge in [-0.1, -0.05) is 36.4 Å². The molecule has 140 valence electrons. The molecule has 1 heterocycles. The van der Waals surface area contributed by atoms with Crippen molar-refractivity contribution in [3.63, 3.8) is 0 Å². The van der Waals surface area contributed by atoms with Gasteiger partial charge in [0.15, 0.2) is 11.5 Å². The smallest absolute Gasteiger partial charge is 0.273 e. The van der Waals surface area contributed by atoms with E-state index in [9.17, 15) is 4.79 Å². The van der Waals surface area contributed by atoms with E-state index in [0.717, 1.165) is 16.1 Å². The number of nitrogens with zero attached hydrogens (tertiary/aromatic N) is 2. The number of hydrogen-bond acceptors (Lipinski definition) is 5. The Morgan fingerprint density at radius 1 is 1.07 bits per heavy atom. The standard InChI is InChI=1S/C21H22N2O3S/c1-14(15-9-6-5-7-10-15)23(2)21(24)17-13-27-20(22-17)16-11-8-12-18(25-3)19(16)26-4/h5-14H,1-4H3. The Labute approximate surface area is 163 Å². The van der Waals surface area contributed by atoms with E-state index >= 15 is 0 Å². The van der Waals surface area contributed by atoms with Crippen LogP contribution in [0.3, 0.4) is 0 Å². The zero-order chi connectivity index (χ0) is 19.4. The Bertz CT molecular complexity index is 924. The molecular weight excluding hydrogens is 360 g/mol. The molecule has 1 atom stereocenters. The summed E-state index contributed by atoms with van der Waals surface area (Å²) in [6.45, 7) is 2.01. The van der Waals surface area contributed by atoms with E-state index in [4.69, 9.17) is 9.47 Å². The van der Waals surface area contributed by atoms with Crippen LogP contribution in [0.25, 0.3) is 10.6 Å². The second kappa shape index (κ2) is 8.22. The zero-order valence-corrected chi connectivity index (χ0v) is 16.6. The summed E-state index contributed by atoms with van der Waals surface area (Å²) >= 11 is 1.41. The van der Waals surface area contributed by atoms with Crippen molar-refractivity contribution in [2.75, 3.05) is 21.3 Å². The first-order valence-electron chi connectivity index (χ1n) is 8.55. The molecule has 0 saturated carbocycles. The SMILES string of the molecule is COc1cccc(-c2nc(C(=O)N(C)C(C)c3ccccc3)cs2)c1OC. The zero-order valence-electron chi connectivity index (χ0n) is 15.8. The number of thiazole rings is 1. The molecule has 1 amide bonds. The van der Waals surface area contributed by atoms with Gasteiger partial charge in [-0.05, 0) is 24.6 Å². The number of benzene rings is 2. The molecule has 0 N–H and O–H groups in total. The molecule has 5 nitrogen and oxygen atoms in total. The van der Waals surface area contributed by atoms with E-state index in [-0.39, 0.29) is 11.9 Å².